The summed E-state index contributed by atoms with van der Waals surface area (Å²) in [4.78, 5) is 11.5. The molecule has 20 heavy (non-hydrogen) atoms. The van der Waals surface area contributed by atoms with Gasteiger partial charge in [0.1, 0.15) is 0 Å². The van der Waals surface area contributed by atoms with Gasteiger partial charge in [0, 0.05) is 12.9 Å². The van der Waals surface area contributed by atoms with Crippen molar-refractivity contribution in [3.05, 3.63) is 11.4 Å². The molecule has 0 aromatic carbocycles. The van der Waals surface area contributed by atoms with Gasteiger partial charge in [-0.3, -0.25) is 0 Å². The second-order valence-corrected chi connectivity index (χ2v) is 6.49. The molecular formula is C11H19N3O5S. The SMILES string of the molecule is CCCS(=O)(=O)CCn1nnc(C(=O)OC)c1COC. The van der Waals surface area contributed by atoms with Crippen LogP contribution in [0.3, 0.4) is 0 Å². The molecule has 0 aliphatic rings. The number of hydrogen-bond acceptors (Lipinski definition) is 7. The number of hydrogen-bond donors (Lipinski definition) is 0. The number of esters is 1. The Bertz CT molecular complexity index is 552. The van der Waals surface area contributed by atoms with E-state index < -0.39 is 15.8 Å². The number of carbonyl (C=O) groups is 1. The fraction of sp³-hybridized carbons (Fsp3) is 0.727. The van der Waals surface area contributed by atoms with Crippen LogP contribution in [0.4, 0.5) is 0 Å². The highest BCUT2D eigenvalue weighted by Crippen LogP contribution is 2.09. The zero-order valence-electron chi connectivity index (χ0n) is 11.8. The van der Waals surface area contributed by atoms with Crippen molar-refractivity contribution in [2.24, 2.45) is 0 Å². The molecule has 0 spiro atoms. The van der Waals surface area contributed by atoms with Gasteiger partial charge in [-0.05, 0) is 6.42 Å². The Balaban J connectivity index is 2.90. The van der Waals surface area contributed by atoms with E-state index in [-0.39, 0.29) is 30.4 Å². The molecule has 0 amide bonds. The highest BCUT2D eigenvalue weighted by atomic mass is 32.2. The summed E-state index contributed by atoms with van der Waals surface area (Å²) in [6.45, 7) is 2.04. The van der Waals surface area contributed by atoms with Crippen LogP contribution in [0, 0.1) is 0 Å². The molecule has 0 atom stereocenters. The number of methoxy groups -OCH3 is 2. The lowest BCUT2D eigenvalue weighted by Gasteiger charge is -2.07. The summed E-state index contributed by atoms with van der Waals surface area (Å²) in [7, 11) is -0.419. The average molecular weight is 305 g/mol. The Labute approximate surface area is 118 Å². The van der Waals surface area contributed by atoms with Gasteiger partial charge >= 0.3 is 5.97 Å². The third kappa shape index (κ3) is 4.27. The first-order valence-electron chi connectivity index (χ1n) is 6.15. The fourth-order valence-corrected chi connectivity index (χ4v) is 2.96. The smallest absolute Gasteiger partial charge is 0.360 e. The van der Waals surface area contributed by atoms with Crippen LogP contribution >= 0.6 is 0 Å². The van der Waals surface area contributed by atoms with Crippen molar-refractivity contribution in [3.63, 3.8) is 0 Å². The Morgan fingerprint density at radius 2 is 2.00 bits per heavy atom. The van der Waals surface area contributed by atoms with E-state index in [1.165, 1.54) is 18.9 Å². The maximum absolute atomic E-state index is 11.7. The van der Waals surface area contributed by atoms with E-state index in [0.717, 1.165) is 0 Å². The maximum atomic E-state index is 11.7. The minimum absolute atomic E-state index is 0.0437. The van der Waals surface area contributed by atoms with Gasteiger partial charge in [0.15, 0.2) is 15.5 Å². The van der Waals surface area contributed by atoms with Gasteiger partial charge in [-0.15, -0.1) is 5.10 Å². The third-order valence-electron chi connectivity index (χ3n) is 2.63. The molecule has 0 saturated carbocycles. The highest BCUT2D eigenvalue weighted by Gasteiger charge is 2.21. The number of sulfone groups is 1. The lowest BCUT2D eigenvalue weighted by molar-refractivity contribution is 0.0588. The number of ether oxygens (including phenoxy) is 2. The molecule has 8 nitrogen and oxygen atoms in total. The molecule has 0 radical (unpaired) electrons. The molecule has 1 heterocycles. The first kappa shape index (κ1) is 16.6. The molecule has 0 fully saturated rings. The molecule has 1 aromatic heterocycles. The van der Waals surface area contributed by atoms with Gasteiger partial charge in [0.2, 0.25) is 0 Å². The van der Waals surface area contributed by atoms with Crippen LogP contribution in [0.15, 0.2) is 0 Å². The number of rotatable bonds is 8. The minimum atomic E-state index is -3.12. The average Bonchev–Trinajstić information content (AvgIpc) is 2.79. The van der Waals surface area contributed by atoms with E-state index in [0.29, 0.717) is 12.1 Å². The number of aryl methyl sites for hydroxylation is 1. The van der Waals surface area contributed by atoms with E-state index in [2.05, 4.69) is 15.0 Å². The van der Waals surface area contributed by atoms with Crippen LogP contribution < -0.4 is 0 Å². The predicted molar refractivity (Wildman–Crippen MR) is 71.0 cm³/mol. The number of aromatic nitrogens is 3. The summed E-state index contributed by atoms with van der Waals surface area (Å²) in [5.74, 6) is -0.549. The van der Waals surface area contributed by atoms with E-state index in [1.54, 1.807) is 6.92 Å². The standard InChI is InChI=1S/C11H19N3O5S/c1-4-6-20(16,17)7-5-14-9(8-18-2)10(12-13-14)11(15)19-3/h4-8H2,1-3H3. The Kier molecular flexibility index (Phi) is 6.08. The molecule has 1 rings (SSSR count). The Morgan fingerprint density at radius 3 is 2.55 bits per heavy atom. The van der Waals surface area contributed by atoms with Gasteiger partial charge in [-0.25, -0.2) is 17.9 Å². The van der Waals surface area contributed by atoms with Crippen molar-refractivity contribution in [1.82, 2.24) is 15.0 Å². The zero-order valence-corrected chi connectivity index (χ0v) is 12.6. The molecule has 114 valence electrons. The summed E-state index contributed by atoms with van der Waals surface area (Å²) < 4.78 is 34.3. The Morgan fingerprint density at radius 1 is 1.30 bits per heavy atom. The molecule has 0 bridgehead atoms. The van der Waals surface area contributed by atoms with Crippen molar-refractivity contribution >= 4 is 15.8 Å². The largest absolute Gasteiger partial charge is 0.464 e. The third-order valence-corrected chi connectivity index (χ3v) is 4.46. The minimum Gasteiger partial charge on any atom is -0.464 e. The van der Waals surface area contributed by atoms with E-state index in [1.807, 2.05) is 0 Å². The van der Waals surface area contributed by atoms with E-state index >= 15 is 0 Å². The van der Waals surface area contributed by atoms with Crippen molar-refractivity contribution in [1.29, 1.82) is 0 Å². The van der Waals surface area contributed by atoms with E-state index in [4.69, 9.17) is 4.74 Å². The lowest BCUT2D eigenvalue weighted by atomic mass is 10.3. The van der Waals surface area contributed by atoms with Crippen molar-refractivity contribution < 1.29 is 22.7 Å². The second-order valence-electron chi connectivity index (χ2n) is 4.18. The van der Waals surface area contributed by atoms with Crippen LogP contribution in [0.25, 0.3) is 0 Å². The van der Waals surface area contributed by atoms with Crippen molar-refractivity contribution in [3.8, 4) is 0 Å². The topological polar surface area (TPSA) is 100 Å². The maximum Gasteiger partial charge on any atom is 0.360 e. The monoisotopic (exact) mass is 305 g/mol. The van der Waals surface area contributed by atoms with E-state index in [9.17, 15) is 13.2 Å². The van der Waals surface area contributed by atoms with Crippen LogP contribution in [-0.4, -0.2) is 55.1 Å². The summed E-state index contributed by atoms with van der Waals surface area (Å²) in [6.07, 6.45) is 0.567. The van der Waals surface area contributed by atoms with Crippen LogP contribution in [-0.2, 0) is 32.5 Å². The Hall–Kier alpha value is -1.48. The van der Waals surface area contributed by atoms with Gasteiger partial charge in [-0.2, -0.15) is 0 Å². The zero-order chi connectivity index (χ0) is 15.2. The molecular weight excluding hydrogens is 286 g/mol. The van der Waals surface area contributed by atoms with Crippen LogP contribution in [0.2, 0.25) is 0 Å². The molecule has 0 saturated heterocycles. The summed E-state index contributed by atoms with van der Waals surface area (Å²) >= 11 is 0. The van der Waals surface area contributed by atoms with Crippen molar-refractivity contribution in [2.45, 2.75) is 26.5 Å². The molecule has 9 heteroatoms. The van der Waals surface area contributed by atoms with Gasteiger partial charge < -0.3 is 9.47 Å². The van der Waals surface area contributed by atoms with Gasteiger partial charge in [0.05, 0.1) is 31.7 Å². The molecule has 0 aliphatic carbocycles. The quantitative estimate of drug-likeness (QED) is 0.625. The summed E-state index contributed by atoms with van der Waals surface area (Å²) in [5, 5.41) is 7.50. The number of carbonyl (C=O) groups excluding carboxylic acids is 1. The van der Waals surface area contributed by atoms with Crippen molar-refractivity contribution in [2.75, 3.05) is 25.7 Å². The second kappa shape index (κ2) is 7.34. The van der Waals surface area contributed by atoms with Crippen LogP contribution in [0.1, 0.15) is 29.5 Å². The predicted octanol–water partition coefficient (Wildman–Crippen LogP) is 0.0359. The first-order chi connectivity index (χ1) is 9.45. The molecule has 0 unspecified atom stereocenters. The summed E-state index contributed by atoms with van der Waals surface area (Å²) in [6, 6.07) is 0. The molecule has 0 aliphatic heterocycles. The fourth-order valence-electron chi connectivity index (χ4n) is 1.69. The van der Waals surface area contributed by atoms with Crippen LogP contribution in [0.5, 0.6) is 0 Å². The molecule has 1 aromatic rings. The highest BCUT2D eigenvalue weighted by molar-refractivity contribution is 7.91. The van der Waals surface area contributed by atoms with Gasteiger partial charge in [-0.1, -0.05) is 12.1 Å². The molecule has 0 N–H and O–H groups in total. The number of nitrogens with zero attached hydrogens (tertiary/aromatic N) is 3. The normalized spacial score (nSPS) is 11.6. The van der Waals surface area contributed by atoms with Gasteiger partial charge in [0.25, 0.3) is 0 Å². The summed E-state index contributed by atoms with van der Waals surface area (Å²) in [5.41, 5.74) is 0.452. The lowest BCUT2D eigenvalue weighted by Crippen LogP contribution is -2.18. The first-order valence-corrected chi connectivity index (χ1v) is 7.97.